The van der Waals surface area contributed by atoms with Crippen molar-refractivity contribution < 1.29 is 9.53 Å². The molecule has 1 aliphatic rings. The molecule has 0 spiro atoms. The summed E-state index contributed by atoms with van der Waals surface area (Å²) in [5.41, 5.74) is 0.898. The molecule has 2 amide bonds. The van der Waals surface area contributed by atoms with Crippen molar-refractivity contribution in [2.24, 2.45) is 0 Å². The van der Waals surface area contributed by atoms with E-state index in [9.17, 15) is 4.79 Å². The van der Waals surface area contributed by atoms with Crippen LogP contribution in [0.5, 0.6) is 0 Å². The molecule has 1 saturated heterocycles. The number of nitrogens with one attached hydrogen (secondary N) is 1. The maximum Gasteiger partial charge on any atom is 0.318 e. The Morgan fingerprint density at radius 2 is 2.24 bits per heavy atom. The zero-order valence-corrected chi connectivity index (χ0v) is 14.0. The topological polar surface area (TPSA) is 72.3 Å². The Kier molecular flexibility index (Phi) is 5.65. The number of hydrogen-bond acceptors (Lipinski definition) is 4. The molecule has 1 aromatic heterocycles. The van der Waals surface area contributed by atoms with Crippen molar-refractivity contribution in [2.45, 2.75) is 18.9 Å². The monoisotopic (exact) mass is 339 g/mol. The van der Waals surface area contributed by atoms with E-state index in [1.165, 1.54) is 6.33 Å². The first-order valence-corrected chi connectivity index (χ1v) is 8.32. The molecule has 0 radical (unpaired) electrons. The zero-order chi connectivity index (χ0) is 17.5. The molecule has 1 N–H and O–H groups in total. The van der Waals surface area contributed by atoms with Gasteiger partial charge in [0.25, 0.3) is 0 Å². The average molecular weight is 339 g/mol. The number of para-hydroxylation sites is 1. The summed E-state index contributed by atoms with van der Waals surface area (Å²) < 4.78 is 7.34. The molecule has 0 bridgehead atoms. The Labute approximate surface area is 147 Å². The van der Waals surface area contributed by atoms with Crippen LogP contribution in [0.1, 0.15) is 24.7 Å². The lowest BCUT2D eigenvalue weighted by Crippen LogP contribution is -2.49. The van der Waals surface area contributed by atoms with Crippen molar-refractivity contribution in [1.82, 2.24) is 25.0 Å². The van der Waals surface area contributed by atoms with Gasteiger partial charge in [-0.1, -0.05) is 18.2 Å². The highest BCUT2D eigenvalue weighted by Gasteiger charge is 2.32. The summed E-state index contributed by atoms with van der Waals surface area (Å²) in [6.45, 7) is 1.96. The summed E-state index contributed by atoms with van der Waals surface area (Å²) >= 11 is 0. The number of rotatable bonds is 5. The van der Waals surface area contributed by atoms with Gasteiger partial charge < -0.3 is 15.0 Å². The van der Waals surface area contributed by atoms with Crippen molar-refractivity contribution >= 4 is 6.03 Å². The van der Waals surface area contributed by atoms with E-state index in [2.05, 4.69) is 21.3 Å². The number of amides is 2. The molecule has 1 atom stereocenters. The molecule has 1 aromatic carbocycles. The minimum atomic E-state index is -0.288. The third kappa shape index (κ3) is 3.98. The Morgan fingerprint density at radius 1 is 1.40 bits per heavy atom. The van der Waals surface area contributed by atoms with E-state index in [0.717, 1.165) is 12.1 Å². The molecule has 130 valence electrons. The van der Waals surface area contributed by atoms with Gasteiger partial charge in [-0.15, -0.1) is 12.3 Å². The molecule has 25 heavy (non-hydrogen) atoms. The smallest absolute Gasteiger partial charge is 0.318 e. The quantitative estimate of drug-likeness (QED) is 0.665. The Morgan fingerprint density at radius 3 is 3.04 bits per heavy atom. The predicted molar refractivity (Wildman–Crippen MR) is 93.1 cm³/mol. The van der Waals surface area contributed by atoms with Crippen molar-refractivity contribution in [2.75, 3.05) is 26.3 Å². The highest BCUT2D eigenvalue weighted by atomic mass is 16.5. The number of morpholine rings is 1. The number of carbonyl (C=O) groups excluding carboxylic acids is 1. The van der Waals surface area contributed by atoms with E-state index in [4.69, 9.17) is 11.2 Å². The van der Waals surface area contributed by atoms with Gasteiger partial charge in [0.15, 0.2) is 5.82 Å². The normalized spacial score (nSPS) is 17.1. The number of terminal acetylenes is 1. The summed E-state index contributed by atoms with van der Waals surface area (Å²) in [4.78, 5) is 18.7. The second-order valence-electron chi connectivity index (χ2n) is 5.69. The lowest BCUT2D eigenvalue weighted by molar-refractivity contribution is 0.00794. The van der Waals surface area contributed by atoms with E-state index in [0.29, 0.717) is 38.5 Å². The molecule has 1 fully saturated rings. The maximum atomic E-state index is 12.6. The first-order chi connectivity index (χ1) is 12.3. The molecule has 0 saturated carbocycles. The number of carbonyl (C=O) groups is 1. The number of hydrogen-bond donors (Lipinski definition) is 1. The number of nitrogens with zero attached hydrogens (tertiary/aromatic N) is 4. The summed E-state index contributed by atoms with van der Waals surface area (Å²) in [5, 5.41) is 7.23. The molecule has 2 heterocycles. The fourth-order valence-corrected chi connectivity index (χ4v) is 2.79. The van der Waals surface area contributed by atoms with Crippen molar-refractivity contribution in [1.29, 1.82) is 0 Å². The van der Waals surface area contributed by atoms with Gasteiger partial charge in [0.2, 0.25) is 0 Å². The van der Waals surface area contributed by atoms with Gasteiger partial charge in [0, 0.05) is 19.5 Å². The average Bonchev–Trinajstić information content (AvgIpc) is 3.15. The number of urea groups is 1. The van der Waals surface area contributed by atoms with Crippen LogP contribution in [0.3, 0.4) is 0 Å². The highest BCUT2D eigenvalue weighted by molar-refractivity contribution is 5.74. The SMILES string of the molecule is C#CCCCNC(=O)N1CCOC[C@@H]1c1ncnn1-c1ccccc1. The number of benzene rings is 1. The molecule has 7 nitrogen and oxygen atoms in total. The lowest BCUT2D eigenvalue weighted by Gasteiger charge is -2.34. The van der Waals surface area contributed by atoms with Crippen molar-refractivity contribution in [3.63, 3.8) is 0 Å². The van der Waals surface area contributed by atoms with Gasteiger partial charge in [0.05, 0.1) is 18.9 Å². The van der Waals surface area contributed by atoms with E-state index in [-0.39, 0.29) is 12.1 Å². The minimum Gasteiger partial charge on any atom is -0.377 e. The molecule has 1 aliphatic heterocycles. The summed E-state index contributed by atoms with van der Waals surface area (Å²) in [6.07, 6.45) is 8.15. The van der Waals surface area contributed by atoms with Crippen LogP contribution in [0.2, 0.25) is 0 Å². The standard InChI is InChI=1S/C18H21N5O2/c1-2-3-7-10-19-18(24)22-11-12-25-13-16(22)17-20-14-21-23(17)15-8-5-4-6-9-15/h1,4-6,8-9,14,16H,3,7,10-13H2,(H,19,24)/t16-/m1/s1. The number of unbranched alkanes of at least 4 members (excludes halogenated alkanes) is 1. The molecule has 0 unspecified atom stereocenters. The molecule has 7 heteroatoms. The molecule has 0 aliphatic carbocycles. The number of ether oxygens (including phenoxy) is 1. The third-order valence-corrected chi connectivity index (χ3v) is 4.04. The predicted octanol–water partition coefficient (Wildman–Crippen LogP) is 1.76. The Bertz CT molecular complexity index is 737. The largest absolute Gasteiger partial charge is 0.377 e. The third-order valence-electron chi connectivity index (χ3n) is 4.04. The van der Waals surface area contributed by atoms with Crippen molar-refractivity contribution in [3.8, 4) is 18.0 Å². The fourth-order valence-electron chi connectivity index (χ4n) is 2.79. The second-order valence-corrected chi connectivity index (χ2v) is 5.69. The first-order valence-electron chi connectivity index (χ1n) is 8.32. The van der Waals surface area contributed by atoms with Crippen LogP contribution in [0.15, 0.2) is 36.7 Å². The Balaban J connectivity index is 1.77. The van der Waals surface area contributed by atoms with E-state index < -0.39 is 0 Å². The van der Waals surface area contributed by atoms with Crippen LogP contribution in [0, 0.1) is 12.3 Å². The fraction of sp³-hybridized carbons (Fsp3) is 0.389. The van der Waals surface area contributed by atoms with Gasteiger partial charge in [-0.2, -0.15) is 5.10 Å². The zero-order valence-electron chi connectivity index (χ0n) is 14.0. The number of aromatic nitrogens is 3. The lowest BCUT2D eigenvalue weighted by atomic mass is 10.2. The summed E-state index contributed by atoms with van der Waals surface area (Å²) in [7, 11) is 0. The van der Waals surface area contributed by atoms with Gasteiger partial charge in [0.1, 0.15) is 12.4 Å². The van der Waals surface area contributed by atoms with Crippen LogP contribution in [0.4, 0.5) is 4.79 Å². The van der Waals surface area contributed by atoms with Crippen LogP contribution in [0.25, 0.3) is 5.69 Å². The molecular weight excluding hydrogens is 318 g/mol. The van der Waals surface area contributed by atoms with Gasteiger partial charge in [-0.05, 0) is 18.6 Å². The first kappa shape index (κ1) is 17.0. The Hall–Kier alpha value is -2.85. The molecule has 2 aromatic rings. The maximum absolute atomic E-state index is 12.6. The summed E-state index contributed by atoms with van der Waals surface area (Å²) in [5.74, 6) is 3.26. The summed E-state index contributed by atoms with van der Waals surface area (Å²) in [6, 6.07) is 9.30. The van der Waals surface area contributed by atoms with Crippen LogP contribution < -0.4 is 5.32 Å². The second kappa shape index (κ2) is 8.31. The van der Waals surface area contributed by atoms with E-state index in [1.807, 2.05) is 30.3 Å². The van der Waals surface area contributed by atoms with Crippen LogP contribution in [-0.4, -0.2) is 52.0 Å². The van der Waals surface area contributed by atoms with E-state index >= 15 is 0 Å². The van der Waals surface area contributed by atoms with Crippen LogP contribution in [-0.2, 0) is 4.74 Å². The molecule has 3 rings (SSSR count). The van der Waals surface area contributed by atoms with Gasteiger partial charge in [-0.3, -0.25) is 0 Å². The highest BCUT2D eigenvalue weighted by Crippen LogP contribution is 2.24. The van der Waals surface area contributed by atoms with Gasteiger partial charge >= 0.3 is 6.03 Å². The molecular formula is C18H21N5O2. The van der Waals surface area contributed by atoms with E-state index in [1.54, 1.807) is 9.58 Å². The van der Waals surface area contributed by atoms with Crippen molar-refractivity contribution in [3.05, 3.63) is 42.5 Å². The van der Waals surface area contributed by atoms with Crippen LogP contribution >= 0.6 is 0 Å². The minimum absolute atomic E-state index is 0.132. The van der Waals surface area contributed by atoms with Gasteiger partial charge in [-0.25, -0.2) is 14.5 Å².